The zero-order valence-electron chi connectivity index (χ0n) is 6.51. The van der Waals surface area contributed by atoms with E-state index in [0.717, 1.165) is 6.07 Å². The minimum Gasteiger partial charge on any atom is -0.212 e. The highest BCUT2D eigenvalue weighted by atomic mass is 79.9. The summed E-state index contributed by atoms with van der Waals surface area (Å²) in [6, 6.07) is 5.01. The van der Waals surface area contributed by atoms with Crippen LogP contribution in [-0.4, -0.2) is 16.8 Å². The van der Waals surface area contributed by atoms with Crippen LogP contribution in [0.5, 0.6) is 0 Å². The van der Waals surface area contributed by atoms with E-state index in [9.17, 15) is 16.8 Å². The molecular formula is C6H4Br2O4S2. The van der Waals surface area contributed by atoms with Crippen molar-refractivity contribution in [2.45, 2.75) is 9.79 Å². The smallest absolute Gasteiger partial charge is 0.212 e. The Bertz CT molecular complexity index is 500. The Morgan fingerprint density at radius 3 is 1.50 bits per heavy atom. The Morgan fingerprint density at radius 2 is 1.21 bits per heavy atom. The first kappa shape index (κ1) is 12.2. The third-order valence-electron chi connectivity index (χ3n) is 1.37. The Morgan fingerprint density at radius 1 is 0.857 bits per heavy atom. The Labute approximate surface area is 96.6 Å². The molecule has 1 rings (SSSR count). The molecule has 0 spiro atoms. The van der Waals surface area contributed by atoms with Crippen LogP contribution in [0.3, 0.4) is 0 Å². The van der Waals surface area contributed by atoms with Gasteiger partial charge >= 0.3 is 0 Å². The van der Waals surface area contributed by atoms with E-state index < -0.39 is 16.5 Å². The normalized spacial score (nSPS) is 12.7. The third-order valence-corrected chi connectivity index (χ3v) is 5.25. The second kappa shape index (κ2) is 3.92. The first-order valence-corrected chi connectivity index (χ1v) is 9.86. The fourth-order valence-electron chi connectivity index (χ4n) is 0.778. The predicted molar refractivity (Wildman–Crippen MR) is 58.7 cm³/mol. The van der Waals surface area contributed by atoms with Crippen molar-refractivity contribution in [3.63, 3.8) is 0 Å². The van der Waals surface area contributed by atoms with E-state index in [4.69, 9.17) is 0 Å². The maximum Gasteiger partial charge on any atom is 0.237 e. The minimum atomic E-state index is -3.56. The summed E-state index contributed by atoms with van der Waals surface area (Å²) in [5.74, 6) is 0. The van der Waals surface area contributed by atoms with Gasteiger partial charge in [-0.05, 0) is 18.2 Å². The van der Waals surface area contributed by atoms with Crippen LogP contribution < -0.4 is 0 Å². The summed E-state index contributed by atoms with van der Waals surface area (Å²) in [4.78, 5) is -0.198. The standard InChI is InChI=1S/C6H4Br2O4S2/c7-13(9,10)5-2-1-3-6(4-5)14(8,11)12/h1-4H. The first-order chi connectivity index (χ1) is 6.21. The molecule has 0 aliphatic carbocycles. The maximum absolute atomic E-state index is 11.0. The molecule has 0 atom stereocenters. The van der Waals surface area contributed by atoms with Crippen LogP contribution in [0, 0.1) is 0 Å². The summed E-state index contributed by atoms with van der Waals surface area (Å²) in [5, 5.41) is 0. The molecule has 0 aliphatic heterocycles. The predicted octanol–water partition coefficient (Wildman–Crippen LogP) is 1.85. The molecule has 4 nitrogen and oxygen atoms in total. The van der Waals surface area contributed by atoms with Gasteiger partial charge in [-0.25, -0.2) is 16.8 Å². The average Bonchev–Trinajstić information content (AvgIpc) is 2.01. The lowest BCUT2D eigenvalue weighted by Crippen LogP contribution is -1.94. The molecule has 0 amide bonds. The minimum absolute atomic E-state index is 0.0991. The van der Waals surface area contributed by atoms with Gasteiger partial charge in [-0.3, -0.25) is 0 Å². The van der Waals surface area contributed by atoms with Crippen LogP contribution in [0.25, 0.3) is 0 Å². The summed E-state index contributed by atoms with van der Waals surface area (Å²) in [6.07, 6.45) is 0. The summed E-state index contributed by atoms with van der Waals surface area (Å²) in [6.45, 7) is 0. The van der Waals surface area contributed by atoms with E-state index in [1.165, 1.54) is 18.2 Å². The van der Waals surface area contributed by atoms with Crippen LogP contribution in [0.4, 0.5) is 0 Å². The largest absolute Gasteiger partial charge is 0.237 e. The summed E-state index contributed by atoms with van der Waals surface area (Å²) < 4.78 is 44.1. The molecule has 8 heteroatoms. The van der Waals surface area contributed by atoms with Gasteiger partial charge in [-0.2, -0.15) is 0 Å². The molecule has 0 radical (unpaired) electrons. The zero-order valence-corrected chi connectivity index (χ0v) is 11.3. The SMILES string of the molecule is O=S(=O)(Br)c1cccc(S(=O)(=O)Br)c1. The molecular weight excluding hydrogens is 360 g/mol. The fourth-order valence-corrected chi connectivity index (χ4v) is 3.08. The molecule has 0 heterocycles. The van der Waals surface area contributed by atoms with E-state index in [1.54, 1.807) is 0 Å². The molecule has 0 saturated carbocycles. The molecule has 1 aromatic carbocycles. The number of hydrogen-bond acceptors (Lipinski definition) is 4. The molecule has 0 bridgehead atoms. The quantitative estimate of drug-likeness (QED) is 0.752. The van der Waals surface area contributed by atoms with Crippen molar-refractivity contribution in [3.8, 4) is 0 Å². The van der Waals surface area contributed by atoms with Crippen molar-refractivity contribution >= 4 is 46.2 Å². The third kappa shape index (κ3) is 3.04. The molecule has 0 fully saturated rings. The second-order valence-corrected chi connectivity index (χ2v) is 10.2. The molecule has 14 heavy (non-hydrogen) atoms. The highest BCUT2D eigenvalue weighted by Gasteiger charge is 2.14. The topological polar surface area (TPSA) is 68.3 Å². The second-order valence-electron chi connectivity index (χ2n) is 2.35. The Hall–Kier alpha value is 0.0800. The van der Waals surface area contributed by atoms with Gasteiger partial charge < -0.3 is 0 Å². The molecule has 0 aliphatic rings. The van der Waals surface area contributed by atoms with Gasteiger partial charge in [-0.15, -0.1) is 0 Å². The molecule has 0 N–H and O–H groups in total. The van der Waals surface area contributed by atoms with Crippen LogP contribution in [-0.2, 0) is 16.5 Å². The summed E-state index contributed by atoms with van der Waals surface area (Å²) >= 11 is 4.90. The van der Waals surface area contributed by atoms with Gasteiger partial charge in [0, 0.05) is 0 Å². The van der Waals surface area contributed by atoms with E-state index in [1.807, 2.05) is 0 Å². The average molecular weight is 364 g/mol. The van der Waals surface area contributed by atoms with Gasteiger partial charge in [0.2, 0.25) is 16.5 Å². The van der Waals surface area contributed by atoms with Crippen molar-refractivity contribution in [2.75, 3.05) is 0 Å². The number of rotatable bonds is 2. The lowest BCUT2D eigenvalue weighted by atomic mass is 10.4. The van der Waals surface area contributed by atoms with Crippen molar-refractivity contribution < 1.29 is 16.8 Å². The van der Waals surface area contributed by atoms with E-state index in [-0.39, 0.29) is 9.79 Å². The van der Waals surface area contributed by atoms with Gasteiger partial charge in [0.15, 0.2) is 0 Å². The lowest BCUT2D eigenvalue weighted by Gasteiger charge is -1.98. The Balaban J connectivity index is 3.44. The molecule has 0 aromatic heterocycles. The first-order valence-electron chi connectivity index (χ1n) is 3.20. The highest BCUT2D eigenvalue weighted by molar-refractivity contribution is 9.47. The Kier molecular flexibility index (Phi) is 3.40. The fraction of sp³-hybridized carbons (Fsp3) is 0. The van der Waals surface area contributed by atoms with Crippen LogP contribution >= 0.6 is 29.6 Å². The monoisotopic (exact) mass is 362 g/mol. The lowest BCUT2D eigenvalue weighted by molar-refractivity contribution is 0.610. The van der Waals surface area contributed by atoms with Gasteiger partial charge in [0.05, 0.1) is 39.4 Å². The van der Waals surface area contributed by atoms with Crippen molar-refractivity contribution in [3.05, 3.63) is 24.3 Å². The van der Waals surface area contributed by atoms with Crippen LogP contribution in [0.2, 0.25) is 0 Å². The number of halogens is 2. The molecule has 78 valence electrons. The van der Waals surface area contributed by atoms with Crippen molar-refractivity contribution in [2.24, 2.45) is 0 Å². The molecule has 0 unspecified atom stereocenters. The van der Waals surface area contributed by atoms with Crippen LogP contribution in [0.15, 0.2) is 34.1 Å². The van der Waals surface area contributed by atoms with Crippen LogP contribution in [0.1, 0.15) is 0 Å². The maximum atomic E-state index is 11.0. The zero-order chi connectivity index (χ0) is 11.0. The van der Waals surface area contributed by atoms with Gasteiger partial charge in [0.1, 0.15) is 0 Å². The van der Waals surface area contributed by atoms with Crippen molar-refractivity contribution in [1.82, 2.24) is 0 Å². The van der Waals surface area contributed by atoms with Gasteiger partial charge in [0.25, 0.3) is 0 Å². The van der Waals surface area contributed by atoms with E-state index in [0.29, 0.717) is 0 Å². The summed E-state index contributed by atoms with van der Waals surface area (Å²) in [5.41, 5.74) is 0. The van der Waals surface area contributed by atoms with E-state index >= 15 is 0 Å². The van der Waals surface area contributed by atoms with Gasteiger partial charge in [-0.1, -0.05) is 6.07 Å². The number of hydrogen-bond donors (Lipinski definition) is 0. The molecule has 1 aromatic rings. The number of benzene rings is 1. The molecule has 0 saturated heterocycles. The van der Waals surface area contributed by atoms with E-state index in [2.05, 4.69) is 29.6 Å². The summed E-state index contributed by atoms with van der Waals surface area (Å²) in [7, 11) is -7.12. The highest BCUT2D eigenvalue weighted by Crippen LogP contribution is 2.23. The van der Waals surface area contributed by atoms with Crippen molar-refractivity contribution in [1.29, 1.82) is 0 Å².